The largest absolute Gasteiger partial charge is 0.444 e. The zero-order chi connectivity index (χ0) is 21.6. The number of halogens is 1. The number of carbonyl (C=O) groups is 2. The Hall–Kier alpha value is -3.30. The summed E-state index contributed by atoms with van der Waals surface area (Å²) >= 11 is 5.92. The number of nitrogens with zero attached hydrogens (tertiary/aromatic N) is 4. The molecule has 1 aromatic carbocycles. The third-order valence-electron chi connectivity index (χ3n) is 4.92. The minimum Gasteiger partial charge on any atom is -0.444 e. The lowest BCUT2D eigenvalue weighted by atomic mass is 10.0. The van der Waals surface area contributed by atoms with E-state index >= 15 is 0 Å². The molecule has 9 nitrogen and oxygen atoms in total. The Kier molecular flexibility index (Phi) is 6.54. The van der Waals surface area contributed by atoms with E-state index in [1.54, 1.807) is 30.5 Å². The average Bonchev–Trinajstić information content (AvgIpc) is 3.52. The molecule has 0 aliphatic carbocycles. The lowest BCUT2D eigenvalue weighted by molar-refractivity contribution is -0.126. The van der Waals surface area contributed by atoms with Crippen molar-refractivity contribution in [3.05, 3.63) is 61.1 Å². The first kappa shape index (κ1) is 21.0. The van der Waals surface area contributed by atoms with Crippen LogP contribution in [0.3, 0.4) is 0 Å². The molecule has 0 bridgehead atoms. The molecule has 1 saturated heterocycles. The lowest BCUT2D eigenvalue weighted by Gasteiger charge is -2.31. The molecule has 0 radical (unpaired) electrons. The smallest absolute Gasteiger partial charge is 0.248 e. The zero-order valence-corrected chi connectivity index (χ0v) is 17.2. The van der Waals surface area contributed by atoms with Crippen LogP contribution in [0, 0.1) is 0 Å². The number of aromatic nitrogens is 3. The Morgan fingerprint density at radius 3 is 2.55 bits per heavy atom. The molecule has 2 amide bonds. The van der Waals surface area contributed by atoms with E-state index in [4.69, 9.17) is 20.8 Å². The van der Waals surface area contributed by atoms with Crippen molar-refractivity contribution in [3.63, 3.8) is 0 Å². The first-order chi connectivity index (χ1) is 15.2. The highest BCUT2D eigenvalue weighted by molar-refractivity contribution is 6.29. The van der Waals surface area contributed by atoms with Gasteiger partial charge in [-0.3, -0.25) is 14.5 Å². The number of anilines is 1. The number of carbonyl (C=O) groups excluding carboxylic acids is 2. The molecule has 4 rings (SSSR count). The lowest BCUT2D eigenvalue weighted by Crippen LogP contribution is -2.47. The normalized spacial score (nSPS) is 16.6. The maximum atomic E-state index is 13.3. The van der Waals surface area contributed by atoms with E-state index in [-0.39, 0.29) is 17.8 Å². The molecule has 2 atom stereocenters. The second kappa shape index (κ2) is 9.67. The van der Waals surface area contributed by atoms with Crippen molar-refractivity contribution in [2.75, 3.05) is 24.0 Å². The van der Waals surface area contributed by atoms with Gasteiger partial charge < -0.3 is 14.5 Å². The molecular formula is C21H20ClN5O4. The first-order valence-electron chi connectivity index (χ1n) is 9.67. The van der Waals surface area contributed by atoms with Gasteiger partial charge in [0, 0.05) is 35.8 Å². The van der Waals surface area contributed by atoms with Gasteiger partial charge in [0.15, 0.2) is 12.2 Å². The quantitative estimate of drug-likeness (QED) is 0.560. The van der Waals surface area contributed by atoms with Crippen LogP contribution in [0.25, 0.3) is 11.3 Å². The fourth-order valence-electron chi connectivity index (χ4n) is 3.44. The summed E-state index contributed by atoms with van der Waals surface area (Å²) in [6, 6.07) is 5.90. The predicted molar refractivity (Wildman–Crippen MR) is 112 cm³/mol. The standard InChI is InChI=1S/C21H20ClN5O4/c22-7-19(28)27(17-3-1-14(2-4-17)18-10-25-13-31-18)20(15-8-23-12-24-9-15)21(29)26-16-5-6-30-11-16/h1-4,8-10,12-13,16,20H,5-7,11H2,(H,26,29)/t16-,20?/m0/s1. The maximum absolute atomic E-state index is 13.3. The van der Waals surface area contributed by atoms with Gasteiger partial charge in [-0.1, -0.05) is 0 Å². The molecule has 1 fully saturated rings. The molecule has 3 heterocycles. The summed E-state index contributed by atoms with van der Waals surface area (Å²) < 4.78 is 10.7. The fourth-order valence-corrected chi connectivity index (χ4v) is 3.57. The molecule has 160 valence electrons. The molecule has 0 saturated carbocycles. The number of nitrogens with one attached hydrogen (secondary N) is 1. The second-order valence-corrected chi connectivity index (χ2v) is 7.22. The van der Waals surface area contributed by atoms with Crippen molar-refractivity contribution in [1.82, 2.24) is 20.3 Å². The van der Waals surface area contributed by atoms with E-state index in [2.05, 4.69) is 20.3 Å². The summed E-state index contributed by atoms with van der Waals surface area (Å²) in [4.78, 5) is 39.5. The Bertz CT molecular complexity index is 1010. The van der Waals surface area contributed by atoms with Crippen LogP contribution in [0.2, 0.25) is 0 Å². The number of oxazole rings is 1. The van der Waals surface area contributed by atoms with Gasteiger partial charge in [-0.25, -0.2) is 15.0 Å². The van der Waals surface area contributed by atoms with Crippen LogP contribution in [-0.2, 0) is 14.3 Å². The molecule has 10 heteroatoms. The van der Waals surface area contributed by atoms with Crippen LogP contribution < -0.4 is 10.2 Å². The fraction of sp³-hybridized carbons (Fsp3) is 0.286. The van der Waals surface area contributed by atoms with Crippen LogP contribution in [0.5, 0.6) is 0 Å². The Balaban J connectivity index is 1.70. The summed E-state index contributed by atoms with van der Waals surface area (Å²) in [5.41, 5.74) is 1.75. The topological polar surface area (TPSA) is 110 Å². The van der Waals surface area contributed by atoms with Crippen LogP contribution in [0.4, 0.5) is 5.69 Å². The Morgan fingerprint density at radius 2 is 1.94 bits per heavy atom. The van der Waals surface area contributed by atoms with Gasteiger partial charge in [0.2, 0.25) is 11.8 Å². The molecule has 1 unspecified atom stereocenters. The molecule has 2 aromatic heterocycles. The van der Waals surface area contributed by atoms with Crippen molar-refractivity contribution in [1.29, 1.82) is 0 Å². The molecule has 3 aromatic rings. The summed E-state index contributed by atoms with van der Waals surface area (Å²) in [7, 11) is 0. The maximum Gasteiger partial charge on any atom is 0.248 e. The number of ether oxygens (including phenoxy) is 1. The zero-order valence-electron chi connectivity index (χ0n) is 16.5. The van der Waals surface area contributed by atoms with Crippen LogP contribution in [0.15, 0.2) is 60.0 Å². The number of hydrogen-bond acceptors (Lipinski definition) is 7. The van der Waals surface area contributed by atoms with Gasteiger partial charge in [-0.2, -0.15) is 0 Å². The summed E-state index contributed by atoms with van der Waals surface area (Å²) in [5.74, 6) is -0.494. The van der Waals surface area contributed by atoms with Crippen LogP contribution in [-0.4, -0.2) is 51.9 Å². The third kappa shape index (κ3) is 4.73. The van der Waals surface area contributed by atoms with Crippen molar-refractivity contribution in [2.24, 2.45) is 0 Å². The van der Waals surface area contributed by atoms with E-state index in [1.807, 2.05) is 0 Å². The van der Waals surface area contributed by atoms with E-state index in [0.717, 1.165) is 5.56 Å². The van der Waals surface area contributed by atoms with Crippen molar-refractivity contribution in [3.8, 4) is 11.3 Å². The second-order valence-electron chi connectivity index (χ2n) is 6.95. The molecule has 1 aliphatic heterocycles. The summed E-state index contributed by atoms with van der Waals surface area (Å²) in [5, 5.41) is 2.96. The number of amides is 2. The highest BCUT2D eigenvalue weighted by atomic mass is 35.5. The molecule has 0 spiro atoms. The van der Waals surface area contributed by atoms with Crippen LogP contribution >= 0.6 is 11.6 Å². The van der Waals surface area contributed by atoms with E-state index < -0.39 is 11.9 Å². The third-order valence-corrected chi connectivity index (χ3v) is 5.15. The minimum atomic E-state index is -0.996. The SMILES string of the molecule is O=C(N[C@H]1CCOC1)C(c1cncnc1)N(C(=O)CCl)c1ccc(-c2cnco2)cc1. The summed E-state index contributed by atoms with van der Waals surface area (Å²) in [6.07, 6.45) is 8.04. The number of alkyl halides is 1. The van der Waals surface area contributed by atoms with Gasteiger partial charge in [0.25, 0.3) is 0 Å². The molecular weight excluding hydrogens is 422 g/mol. The number of rotatable bonds is 7. The van der Waals surface area contributed by atoms with Crippen molar-refractivity contribution >= 4 is 29.1 Å². The monoisotopic (exact) mass is 441 g/mol. The van der Waals surface area contributed by atoms with Gasteiger partial charge in [0.1, 0.15) is 18.2 Å². The number of hydrogen-bond donors (Lipinski definition) is 1. The van der Waals surface area contributed by atoms with Gasteiger partial charge in [-0.15, -0.1) is 11.6 Å². The summed E-state index contributed by atoms with van der Waals surface area (Å²) in [6.45, 7) is 1.01. The van der Waals surface area contributed by atoms with Gasteiger partial charge >= 0.3 is 0 Å². The average molecular weight is 442 g/mol. The Labute approximate surface area is 183 Å². The highest BCUT2D eigenvalue weighted by Gasteiger charge is 2.34. The Morgan fingerprint density at radius 1 is 1.16 bits per heavy atom. The van der Waals surface area contributed by atoms with Crippen LogP contribution in [0.1, 0.15) is 18.0 Å². The first-order valence-corrected chi connectivity index (χ1v) is 10.2. The van der Waals surface area contributed by atoms with Gasteiger partial charge in [0.05, 0.1) is 18.8 Å². The highest BCUT2D eigenvalue weighted by Crippen LogP contribution is 2.30. The minimum absolute atomic E-state index is 0.124. The molecule has 1 aliphatic rings. The van der Waals surface area contributed by atoms with Gasteiger partial charge in [-0.05, 0) is 30.7 Å². The number of benzene rings is 1. The predicted octanol–water partition coefficient (Wildman–Crippen LogP) is 2.35. The van der Waals surface area contributed by atoms with Crippen molar-refractivity contribution in [2.45, 2.75) is 18.5 Å². The van der Waals surface area contributed by atoms with E-state index in [9.17, 15) is 9.59 Å². The molecule has 31 heavy (non-hydrogen) atoms. The van der Waals surface area contributed by atoms with E-state index in [0.29, 0.717) is 36.6 Å². The van der Waals surface area contributed by atoms with Crippen molar-refractivity contribution < 1.29 is 18.7 Å². The van der Waals surface area contributed by atoms with E-state index in [1.165, 1.54) is 30.0 Å². The molecule has 1 N–H and O–H groups in total.